The zero-order chi connectivity index (χ0) is 15.1. The van der Waals surface area contributed by atoms with E-state index < -0.39 is 0 Å². The van der Waals surface area contributed by atoms with Gasteiger partial charge in [0.1, 0.15) is 0 Å². The molecule has 0 fully saturated rings. The fraction of sp³-hybridized carbons (Fsp3) is 0.364. The van der Waals surface area contributed by atoms with E-state index in [4.69, 9.17) is 23.3 Å². The fourth-order valence-electron chi connectivity index (χ4n) is 0.453. The van der Waals surface area contributed by atoms with E-state index in [9.17, 15) is 0 Å². The van der Waals surface area contributed by atoms with Crippen molar-refractivity contribution in [3.8, 4) is 0 Å². The van der Waals surface area contributed by atoms with Gasteiger partial charge in [0.25, 0.3) is 0 Å². The van der Waals surface area contributed by atoms with E-state index in [-0.39, 0.29) is 0 Å². The summed E-state index contributed by atoms with van der Waals surface area (Å²) in [6.45, 7) is 24.4. The number of hydrogen-bond acceptors (Lipinski definition) is 1. The molecule has 17 heavy (non-hydrogen) atoms. The monoisotopic (exact) mass is 408 g/mol. The van der Waals surface area contributed by atoms with Crippen LogP contribution in [0.2, 0.25) is 0 Å². The molecule has 0 aliphatic heterocycles. The van der Waals surface area contributed by atoms with Gasteiger partial charge in [0.05, 0.1) is 0 Å². The Kier molecular flexibility index (Phi) is 104. The average Bonchev–Trinajstić information content (AvgIpc) is 2.46. The molecule has 0 N–H and O–H groups in total. The summed E-state index contributed by atoms with van der Waals surface area (Å²) in [7, 11) is 0. The average molecular weight is 408 g/mol. The van der Waals surface area contributed by atoms with Crippen LogP contribution < -0.4 is 0 Å². The van der Waals surface area contributed by atoms with Crippen LogP contribution in [0.4, 0.5) is 0 Å². The van der Waals surface area contributed by atoms with Crippen molar-refractivity contribution in [1.82, 2.24) is 0 Å². The van der Waals surface area contributed by atoms with E-state index in [1.165, 1.54) is 23.4 Å². The van der Waals surface area contributed by atoms with Crippen molar-refractivity contribution in [3.05, 3.63) is 39.3 Å². The SMILES string of the molecule is C=CCC[C](=[W])OCC.[C-]#[O+].[C-]#[O+].[C-]#[O+].[C-]#[O+]. The summed E-state index contributed by atoms with van der Waals surface area (Å²) in [4.78, 5) is 0. The molecule has 0 rings (SSSR count). The van der Waals surface area contributed by atoms with Gasteiger partial charge in [-0.1, -0.05) is 0 Å². The van der Waals surface area contributed by atoms with Gasteiger partial charge in [0, 0.05) is 0 Å². The third-order valence-corrected chi connectivity index (χ3v) is 2.01. The first kappa shape index (κ1) is 29.8. The second-order valence-electron chi connectivity index (χ2n) is 1.63. The Morgan fingerprint density at radius 2 is 1.47 bits per heavy atom. The van der Waals surface area contributed by atoms with Gasteiger partial charge in [-0.05, 0) is 0 Å². The molecule has 0 aromatic heterocycles. The topological polar surface area (TPSA) is 88.8 Å². The number of hydrogen-bond donors (Lipinski definition) is 0. The van der Waals surface area contributed by atoms with Gasteiger partial charge in [0.15, 0.2) is 0 Å². The van der Waals surface area contributed by atoms with Crippen molar-refractivity contribution in [1.29, 1.82) is 0 Å². The van der Waals surface area contributed by atoms with Crippen LogP contribution in [-0.2, 0) is 42.7 Å². The van der Waals surface area contributed by atoms with Crippen molar-refractivity contribution < 1.29 is 42.7 Å². The van der Waals surface area contributed by atoms with E-state index in [1.807, 2.05) is 13.0 Å². The van der Waals surface area contributed by atoms with Crippen LogP contribution in [0.15, 0.2) is 12.7 Å². The van der Waals surface area contributed by atoms with Crippen molar-refractivity contribution in [2.24, 2.45) is 0 Å². The first-order valence-electron chi connectivity index (χ1n) is 3.89. The molecule has 92 valence electrons. The second kappa shape index (κ2) is 59.0. The summed E-state index contributed by atoms with van der Waals surface area (Å²) in [6.07, 6.45) is 4.01. The van der Waals surface area contributed by atoms with Gasteiger partial charge in [-0.15, -0.1) is 0 Å². The Morgan fingerprint density at radius 1 is 1.12 bits per heavy atom. The van der Waals surface area contributed by atoms with Crippen LogP contribution in [0.3, 0.4) is 0 Å². The molecule has 0 heterocycles. The van der Waals surface area contributed by atoms with Gasteiger partial charge >= 0.3 is 112 Å². The minimum absolute atomic E-state index is 0.802. The Labute approximate surface area is 113 Å². The predicted octanol–water partition coefficient (Wildman–Crippen LogP) is 1.52. The number of allylic oxidation sites excluding steroid dienone is 1. The predicted molar refractivity (Wildman–Crippen MR) is 51.8 cm³/mol. The van der Waals surface area contributed by atoms with Crippen molar-refractivity contribution in [3.63, 3.8) is 0 Å². The van der Waals surface area contributed by atoms with Gasteiger partial charge in [-0.2, -0.15) is 0 Å². The maximum absolute atomic E-state index is 7.50. The molecule has 0 saturated carbocycles. The van der Waals surface area contributed by atoms with Crippen LogP contribution >= 0.6 is 0 Å². The van der Waals surface area contributed by atoms with E-state index in [2.05, 4.69) is 33.2 Å². The molecule has 0 spiro atoms. The standard InChI is InChI=1S/C7H12O.4CO.W/c1-3-5-6-7-8-4-2;4*1-2;/h3H,1,4-6H2,2H3;;;;;. The molecule has 6 heteroatoms. The third-order valence-electron chi connectivity index (χ3n) is 0.858. The molecule has 5 nitrogen and oxygen atoms in total. The number of ether oxygens (including phenoxy) is 1. The van der Waals surface area contributed by atoms with Gasteiger partial charge in [0.2, 0.25) is 0 Å². The summed E-state index contributed by atoms with van der Waals surface area (Å²) < 4.78 is 36.4. The zero-order valence-corrected chi connectivity index (χ0v) is 12.3. The van der Waals surface area contributed by atoms with Gasteiger partial charge in [-0.3, -0.25) is 0 Å². The zero-order valence-electron chi connectivity index (χ0n) is 9.36. The van der Waals surface area contributed by atoms with Gasteiger partial charge in [-0.25, -0.2) is 0 Å². The summed E-state index contributed by atoms with van der Waals surface area (Å²) in [5.41, 5.74) is 0. The van der Waals surface area contributed by atoms with E-state index in [0.717, 1.165) is 19.4 Å². The normalized spacial score (nSPS) is 5.24. The Hall–Kier alpha value is -0.782. The molecule has 0 aliphatic rings. The quantitative estimate of drug-likeness (QED) is 0.386. The molecule has 0 amide bonds. The molecule has 0 unspecified atom stereocenters. The third kappa shape index (κ3) is 68.8. The van der Waals surface area contributed by atoms with Crippen LogP contribution in [0.1, 0.15) is 19.8 Å². The molecule has 0 aliphatic carbocycles. The molecular formula is C11H12O5W. The molecule has 0 saturated heterocycles. The summed E-state index contributed by atoms with van der Waals surface area (Å²) >= 11 is 1.44. The molecule has 0 aromatic rings. The summed E-state index contributed by atoms with van der Waals surface area (Å²) in [5.74, 6) is 0. The Morgan fingerprint density at radius 3 is 1.71 bits per heavy atom. The molecular weight excluding hydrogens is 396 g/mol. The number of rotatable bonds is 5. The van der Waals surface area contributed by atoms with Crippen LogP contribution in [-0.4, -0.2) is 10.7 Å². The fourth-order valence-corrected chi connectivity index (χ4v) is 1.30. The van der Waals surface area contributed by atoms with E-state index in [0.29, 0.717) is 0 Å². The summed E-state index contributed by atoms with van der Waals surface area (Å²) in [6, 6.07) is 0. The van der Waals surface area contributed by atoms with Crippen LogP contribution in [0.5, 0.6) is 0 Å². The minimum atomic E-state index is 0.802. The summed E-state index contributed by atoms with van der Waals surface area (Å²) in [5, 5.41) is 0. The van der Waals surface area contributed by atoms with Crippen LogP contribution in [0, 0.1) is 26.6 Å². The molecule has 0 bridgehead atoms. The van der Waals surface area contributed by atoms with E-state index >= 15 is 0 Å². The second-order valence-corrected chi connectivity index (χ2v) is 3.27. The van der Waals surface area contributed by atoms with Crippen molar-refractivity contribution >= 4 is 4.08 Å². The molecule has 0 atom stereocenters. The van der Waals surface area contributed by atoms with E-state index in [1.54, 1.807) is 0 Å². The van der Waals surface area contributed by atoms with Crippen molar-refractivity contribution in [2.75, 3.05) is 6.61 Å². The first-order chi connectivity index (χ1) is 8.31. The Bertz CT molecular complexity index is 203. The van der Waals surface area contributed by atoms with Gasteiger partial charge < -0.3 is 0 Å². The van der Waals surface area contributed by atoms with Crippen molar-refractivity contribution in [2.45, 2.75) is 19.8 Å². The van der Waals surface area contributed by atoms with Crippen LogP contribution in [0.25, 0.3) is 0 Å². The first-order valence-corrected chi connectivity index (χ1v) is 5.36. The Balaban J connectivity index is -0.0000000507. The molecule has 0 aromatic carbocycles. The maximum atomic E-state index is 7.50. The molecule has 0 radical (unpaired) electrons.